The second kappa shape index (κ2) is 10.5. The maximum Gasteiger partial charge on any atom is 0.311 e. The van der Waals surface area contributed by atoms with Gasteiger partial charge in [-0.25, -0.2) is 0 Å². The normalized spacial score (nSPS) is 13.5. The Kier molecular flexibility index (Phi) is 6.16. The summed E-state index contributed by atoms with van der Waals surface area (Å²) in [7, 11) is -1.64. The first-order valence-corrected chi connectivity index (χ1v) is 16.6. The van der Waals surface area contributed by atoms with Gasteiger partial charge in [-0.05, 0) is 68.4 Å². The minimum atomic E-state index is -1.64. The van der Waals surface area contributed by atoms with Gasteiger partial charge in [0.25, 0.3) is 0 Å². The van der Waals surface area contributed by atoms with Crippen LogP contribution in [0.4, 0.5) is 0 Å². The van der Waals surface area contributed by atoms with Crippen LogP contribution in [0.2, 0.25) is 0 Å². The molecule has 0 N–H and O–H groups in total. The molecule has 1 heterocycles. The zero-order chi connectivity index (χ0) is 29.9. The van der Waals surface area contributed by atoms with Crippen LogP contribution < -0.4 is 4.67 Å². The van der Waals surface area contributed by atoms with Gasteiger partial charge < -0.3 is 8.39 Å². The van der Waals surface area contributed by atoms with E-state index in [2.05, 4.69) is 163 Å². The van der Waals surface area contributed by atoms with Gasteiger partial charge in [0, 0.05) is 16.8 Å². The molecule has 7 aromatic carbocycles. The third kappa shape index (κ3) is 4.16. The molecule has 0 saturated heterocycles. The fraction of sp³-hybridized carbons (Fsp3) is 0.0732. The van der Waals surface area contributed by atoms with Crippen molar-refractivity contribution in [2.45, 2.75) is 19.0 Å². The van der Waals surface area contributed by atoms with Gasteiger partial charge in [0.05, 0.1) is 6.04 Å². The molecule has 1 atom stereocenters. The van der Waals surface area contributed by atoms with E-state index in [9.17, 15) is 0 Å². The summed E-state index contributed by atoms with van der Waals surface area (Å²) in [6.45, 7) is 2.28. The minimum Gasteiger partial charge on any atom is -0.408 e. The molecule has 0 bridgehead atoms. The minimum absolute atomic E-state index is 0.00700. The van der Waals surface area contributed by atoms with Crippen LogP contribution in [-0.4, -0.2) is 0 Å². The molecule has 0 aliphatic heterocycles. The van der Waals surface area contributed by atoms with Gasteiger partial charge in [0.1, 0.15) is 11.2 Å². The molecular formula is C41H30NO2P. The van der Waals surface area contributed by atoms with E-state index < -0.39 is 8.16 Å². The highest BCUT2D eigenvalue weighted by Crippen LogP contribution is 2.54. The summed E-state index contributed by atoms with van der Waals surface area (Å²) in [5.41, 5.74) is 8.00. The maximum atomic E-state index is 7.21. The lowest BCUT2D eigenvalue weighted by atomic mass is 9.99. The number of fused-ring (bicyclic) bond motifs is 10. The van der Waals surface area contributed by atoms with E-state index >= 15 is 0 Å². The first kappa shape index (κ1) is 26.3. The van der Waals surface area contributed by atoms with Crippen molar-refractivity contribution >= 4 is 51.6 Å². The van der Waals surface area contributed by atoms with E-state index in [1.165, 1.54) is 38.6 Å². The Labute approximate surface area is 262 Å². The maximum absolute atomic E-state index is 7.21. The summed E-state index contributed by atoms with van der Waals surface area (Å²) < 4.78 is 16.9. The molecule has 1 aliphatic carbocycles. The molecule has 45 heavy (non-hydrogen) atoms. The van der Waals surface area contributed by atoms with Gasteiger partial charge in [0.2, 0.25) is 0 Å². The lowest BCUT2D eigenvalue weighted by Gasteiger charge is -2.32. The predicted molar refractivity (Wildman–Crippen MR) is 188 cm³/mol. The molecule has 0 fully saturated rings. The predicted octanol–water partition coefficient (Wildman–Crippen LogP) is 12.1. The third-order valence-electron chi connectivity index (χ3n) is 9.32. The monoisotopic (exact) mass is 599 g/mol. The van der Waals surface area contributed by atoms with Crippen molar-refractivity contribution in [3.05, 3.63) is 168 Å². The summed E-state index contributed by atoms with van der Waals surface area (Å²) in [5.74, 6) is 0. The molecule has 0 spiro atoms. The van der Waals surface area contributed by atoms with Crippen molar-refractivity contribution < 1.29 is 8.39 Å². The van der Waals surface area contributed by atoms with Gasteiger partial charge in [0.15, 0.2) is 0 Å². The fourth-order valence-corrected chi connectivity index (χ4v) is 8.93. The summed E-state index contributed by atoms with van der Waals surface area (Å²) in [5, 5.41) is 6.85. The van der Waals surface area contributed by atoms with E-state index in [1.54, 1.807) is 0 Å². The SMILES string of the molecule is C[C@H](c1ccccc1)N(C1c2ccccc2-c2ccccc21)p1oc2ccc3ccccc3c2c2c(ccc3ccccc32)o1. The largest absolute Gasteiger partial charge is 0.408 e. The van der Waals surface area contributed by atoms with Crippen molar-refractivity contribution in [2.24, 2.45) is 0 Å². The second-order valence-corrected chi connectivity index (χ2v) is 13.1. The molecule has 0 amide bonds. The molecule has 216 valence electrons. The molecule has 3 nitrogen and oxygen atoms in total. The molecular weight excluding hydrogens is 569 g/mol. The molecule has 0 radical (unpaired) electrons. The highest BCUT2D eigenvalue weighted by Gasteiger charge is 2.39. The van der Waals surface area contributed by atoms with E-state index in [0.717, 1.165) is 32.7 Å². The average Bonchev–Trinajstić information content (AvgIpc) is 3.31. The van der Waals surface area contributed by atoms with E-state index in [0.29, 0.717) is 0 Å². The van der Waals surface area contributed by atoms with Crippen LogP contribution in [0.15, 0.2) is 160 Å². The van der Waals surface area contributed by atoms with Crippen LogP contribution in [0.25, 0.3) is 54.6 Å². The van der Waals surface area contributed by atoms with E-state index in [-0.39, 0.29) is 12.1 Å². The van der Waals surface area contributed by atoms with Crippen molar-refractivity contribution in [2.75, 3.05) is 4.67 Å². The van der Waals surface area contributed by atoms with Gasteiger partial charge in [-0.15, -0.1) is 0 Å². The Bertz CT molecular complexity index is 2290. The van der Waals surface area contributed by atoms with Crippen LogP contribution in [0, 0.1) is 0 Å². The number of rotatable bonds is 4. The quantitative estimate of drug-likeness (QED) is 0.202. The van der Waals surface area contributed by atoms with Crippen molar-refractivity contribution in [1.82, 2.24) is 0 Å². The molecule has 0 unspecified atom stereocenters. The van der Waals surface area contributed by atoms with Crippen LogP contribution in [0.5, 0.6) is 0 Å². The van der Waals surface area contributed by atoms with Crippen molar-refractivity contribution in [3.8, 4) is 11.1 Å². The first-order valence-electron chi connectivity index (χ1n) is 15.5. The lowest BCUT2D eigenvalue weighted by Crippen LogP contribution is -2.28. The molecule has 9 rings (SSSR count). The summed E-state index contributed by atoms with van der Waals surface area (Å²) in [6, 6.07) is 54.0. The Hall–Kier alpha value is -5.08. The van der Waals surface area contributed by atoms with Crippen LogP contribution in [-0.2, 0) is 0 Å². The standard InChI is InChI=1S/C41H30NO2P/c1-27(28-13-3-2-4-14-28)42(41-35-21-11-9-19-33(35)34-20-10-12-22-36(34)41)45-43-37-25-23-29-15-5-7-17-31(29)39(37)40-32-18-8-6-16-30(32)24-26-38(40)44-45/h2-27,41H,1H3/t27-/m1/s1. The molecule has 8 aromatic rings. The van der Waals surface area contributed by atoms with Crippen LogP contribution in [0.1, 0.15) is 35.7 Å². The molecule has 4 heteroatoms. The second-order valence-electron chi connectivity index (χ2n) is 11.8. The number of nitrogens with zero attached hydrogens (tertiary/aromatic N) is 1. The summed E-state index contributed by atoms with van der Waals surface area (Å²) in [4.78, 5) is 0. The highest BCUT2D eigenvalue weighted by molar-refractivity contribution is 7.39. The van der Waals surface area contributed by atoms with Crippen molar-refractivity contribution in [1.29, 1.82) is 0 Å². The Morgan fingerprint density at radius 3 is 1.53 bits per heavy atom. The van der Waals surface area contributed by atoms with Crippen LogP contribution in [0.3, 0.4) is 0 Å². The first-order chi connectivity index (χ1) is 22.3. The Morgan fingerprint density at radius 2 is 0.978 bits per heavy atom. The summed E-state index contributed by atoms with van der Waals surface area (Å²) in [6.07, 6.45) is 0. The average molecular weight is 600 g/mol. The lowest BCUT2D eigenvalue weighted by molar-refractivity contribution is 0.573. The van der Waals surface area contributed by atoms with Gasteiger partial charge in [-0.1, -0.05) is 140 Å². The van der Waals surface area contributed by atoms with Crippen molar-refractivity contribution in [3.63, 3.8) is 0 Å². The zero-order valence-corrected chi connectivity index (χ0v) is 25.7. The molecule has 1 aliphatic rings. The highest BCUT2D eigenvalue weighted by atomic mass is 31.1. The third-order valence-corrected chi connectivity index (χ3v) is 11.0. The topological polar surface area (TPSA) is 29.5 Å². The Balaban J connectivity index is 1.42. The Morgan fingerprint density at radius 1 is 0.511 bits per heavy atom. The van der Waals surface area contributed by atoms with E-state index in [4.69, 9.17) is 8.39 Å². The fourth-order valence-electron chi connectivity index (χ4n) is 7.21. The van der Waals surface area contributed by atoms with Gasteiger partial charge in [-0.3, -0.25) is 0 Å². The molecule has 0 saturated carbocycles. The number of hydrogen-bond acceptors (Lipinski definition) is 3. The van der Waals surface area contributed by atoms with Crippen LogP contribution >= 0.6 is 8.16 Å². The van der Waals surface area contributed by atoms with E-state index in [1.807, 2.05) is 0 Å². The smallest absolute Gasteiger partial charge is 0.311 e. The summed E-state index contributed by atoms with van der Waals surface area (Å²) >= 11 is 0. The zero-order valence-electron chi connectivity index (χ0n) is 24.8. The van der Waals surface area contributed by atoms with Gasteiger partial charge in [-0.2, -0.15) is 4.67 Å². The number of hydrogen-bond donors (Lipinski definition) is 0. The molecule has 1 aromatic heterocycles. The number of benzene rings is 7. The van der Waals surface area contributed by atoms with Gasteiger partial charge >= 0.3 is 8.16 Å².